The molecule has 0 unspecified atom stereocenters. The van der Waals surface area contributed by atoms with Crippen LogP contribution < -0.4 is 4.90 Å². The largest absolute Gasteiger partial charge is 0.309 e. The number of aromatic nitrogens is 3. The lowest BCUT2D eigenvalue weighted by Gasteiger charge is -2.31. The number of nitrogens with zero attached hydrogens (tertiary/aromatic N) is 4. The van der Waals surface area contributed by atoms with Crippen molar-refractivity contribution in [2.24, 2.45) is 0 Å². The molecule has 408 valence electrons. The van der Waals surface area contributed by atoms with Crippen LogP contribution in [0.1, 0.15) is 25.0 Å². The molecule has 18 rings (SSSR count). The molecule has 0 bridgehead atoms. The molecule has 3 heterocycles. The number of hydrogen-bond donors (Lipinski definition) is 0. The Morgan fingerprint density at radius 1 is 0.253 bits per heavy atom. The van der Waals surface area contributed by atoms with Gasteiger partial charge in [-0.25, -0.2) is 0 Å². The summed E-state index contributed by atoms with van der Waals surface area (Å²) < 4.78 is 7.29. The first-order valence-corrected chi connectivity index (χ1v) is 30.2. The first kappa shape index (κ1) is 49.2. The maximum Gasteiger partial charge on any atom is 0.0547 e. The lowest BCUT2D eigenvalue weighted by atomic mass is 9.81. The van der Waals surface area contributed by atoms with E-state index in [1.807, 2.05) is 0 Å². The molecule has 0 atom stereocenters. The van der Waals surface area contributed by atoms with Crippen LogP contribution in [0.3, 0.4) is 0 Å². The average Bonchev–Trinajstić information content (AvgIpc) is 2.12. The van der Waals surface area contributed by atoms with Gasteiger partial charge in [-0.05, 0) is 147 Å². The van der Waals surface area contributed by atoms with Crippen molar-refractivity contribution in [3.8, 4) is 50.4 Å². The van der Waals surface area contributed by atoms with Gasteiger partial charge in [0.2, 0.25) is 0 Å². The Kier molecular flexibility index (Phi) is 10.7. The number of benzene rings is 14. The lowest BCUT2D eigenvalue weighted by Crippen LogP contribution is -2.17. The van der Waals surface area contributed by atoms with Crippen molar-refractivity contribution < 1.29 is 0 Å². The first-order chi connectivity index (χ1) is 42.9. The molecule has 1 aliphatic carbocycles. The minimum Gasteiger partial charge on any atom is -0.309 e. The molecule has 1 aliphatic rings. The molecular formula is C83H56N4. The van der Waals surface area contributed by atoms with Gasteiger partial charge in [-0.2, -0.15) is 0 Å². The first-order valence-electron chi connectivity index (χ1n) is 30.2. The third-order valence-electron chi connectivity index (χ3n) is 19.0. The van der Waals surface area contributed by atoms with Gasteiger partial charge in [-0.1, -0.05) is 220 Å². The second-order valence-corrected chi connectivity index (χ2v) is 24.0. The van der Waals surface area contributed by atoms with E-state index in [1.54, 1.807) is 0 Å². The van der Waals surface area contributed by atoms with E-state index in [0.29, 0.717) is 0 Å². The van der Waals surface area contributed by atoms with Crippen molar-refractivity contribution in [2.45, 2.75) is 19.3 Å². The van der Waals surface area contributed by atoms with Crippen LogP contribution >= 0.6 is 0 Å². The number of hydrogen-bond acceptors (Lipinski definition) is 1. The predicted molar refractivity (Wildman–Crippen MR) is 368 cm³/mol. The molecule has 0 N–H and O–H groups in total. The molecular weight excluding hydrogens is 1050 g/mol. The van der Waals surface area contributed by atoms with Crippen molar-refractivity contribution in [1.82, 2.24) is 13.7 Å². The summed E-state index contributed by atoms with van der Waals surface area (Å²) in [5, 5.41) is 12.2. The summed E-state index contributed by atoms with van der Waals surface area (Å²) in [5.74, 6) is 0. The predicted octanol–water partition coefficient (Wildman–Crippen LogP) is 22.4. The SMILES string of the molecule is CC1(C)c2cc(-c3ccc4c5ccccc5n(-c5ccccc5)c4c3)ccc2-c2ccc(N(c3ccc(-c4ccc5c6ccccc6n(-c6ccccc6)c5c4)c4ccccc34)c3ccc(-n4c5ccccc5c5ccccc54)c4ccccc34)cc21. The van der Waals surface area contributed by atoms with Crippen LogP contribution in [0.5, 0.6) is 0 Å². The molecule has 0 radical (unpaired) electrons. The lowest BCUT2D eigenvalue weighted by molar-refractivity contribution is 0.660. The minimum atomic E-state index is -0.319. The molecule has 0 spiro atoms. The topological polar surface area (TPSA) is 18.0 Å². The Balaban J connectivity index is 0.819. The van der Waals surface area contributed by atoms with Crippen molar-refractivity contribution in [1.29, 1.82) is 0 Å². The quantitative estimate of drug-likeness (QED) is 0.148. The van der Waals surface area contributed by atoms with E-state index in [-0.39, 0.29) is 5.41 Å². The fourth-order valence-corrected chi connectivity index (χ4v) is 15.0. The molecule has 0 aliphatic heterocycles. The normalized spacial score (nSPS) is 12.8. The Hall–Kier alpha value is -11.2. The molecule has 4 nitrogen and oxygen atoms in total. The Morgan fingerprint density at radius 2 is 0.632 bits per heavy atom. The monoisotopic (exact) mass is 1110 g/mol. The van der Waals surface area contributed by atoms with Gasteiger partial charge in [0.15, 0.2) is 0 Å². The van der Waals surface area contributed by atoms with Gasteiger partial charge in [-0.15, -0.1) is 0 Å². The summed E-state index contributed by atoms with van der Waals surface area (Å²) >= 11 is 0. The Labute approximate surface area is 503 Å². The van der Waals surface area contributed by atoms with Crippen LogP contribution in [0.25, 0.3) is 137 Å². The van der Waals surface area contributed by atoms with Gasteiger partial charge in [0.05, 0.1) is 50.2 Å². The van der Waals surface area contributed by atoms with Gasteiger partial charge in [0.25, 0.3) is 0 Å². The van der Waals surface area contributed by atoms with Gasteiger partial charge >= 0.3 is 0 Å². The van der Waals surface area contributed by atoms with Crippen LogP contribution in [0, 0.1) is 0 Å². The zero-order valence-corrected chi connectivity index (χ0v) is 48.2. The molecule has 17 aromatic rings. The minimum absolute atomic E-state index is 0.319. The zero-order chi connectivity index (χ0) is 57.5. The van der Waals surface area contributed by atoms with Gasteiger partial charge < -0.3 is 18.6 Å². The molecule has 0 fully saturated rings. The fourth-order valence-electron chi connectivity index (χ4n) is 15.0. The number of para-hydroxylation sites is 6. The molecule has 0 saturated heterocycles. The molecule has 0 saturated carbocycles. The van der Waals surface area contributed by atoms with E-state index in [9.17, 15) is 0 Å². The molecule has 87 heavy (non-hydrogen) atoms. The van der Waals surface area contributed by atoms with Crippen molar-refractivity contribution in [3.63, 3.8) is 0 Å². The summed E-state index contributed by atoms with van der Waals surface area (Å²) in [6.07, 6.45) is 0. The van der Waals surface area contributed by atoms with E-state index in [1.165, 1.54) is 131 Å². The van der Waals surface area contributed by atoms with Crippen LogP contribution in [0.15, 0.2) is 303 Å². The smallest absolute Gasteiger partial charge is 0.0547 e. The van der Waals surface area contributed by atoms with Crippen LogP contribution in [-0.4, -0.2) is 13.7 Å². The van der Waals surface area contributed by atoms with E-state index < -0.39 is 0 Å². The van der Waals surface area contributed by atoms with Gasteiger partial charge in [-0.3, -0.25) is 0 Å². The van der Waals surface area contributed by atoms with Crippen LogP contribution in [0.2, 0.25) is 0 Å². The highest BCUT2D eigenvalue weighted by Crippen LogP contribution is 2.54. The Morgan fingerprint density at radius 3 is 1.20 bits per heavy atom. The van der Waals surface area contributed by atoms with Crippen molar-refractivity contribution >= 4 is 104 Å². The highest BCUT2D eigenvalue weighted by molar-refractivity contribution is 6.16. The van der Waals surface area contributed by atoms with Crippen LogP contribution in [0.4, 0.5) is 17.1 Å². The summed E-state index contributed by atoms with van der Waals surface area (Å²) in [6, 6.07) is 113. The molecule has 3 aromatic heterocycles. The summed E-state index contributed by atoms with van der Waals surface area (Å²) in [5.41, 5.74) is 23.6. The zero-order valence-electron chi connectivity index (χ0n) is 48.2. The summed E-state index contributed by atoms with van der Waals surface area (Å²) in [6.45, 7) is 4.83. The van der Waals surface area contributed by atoms with E-state index in [4.69, 9.17) is 0 Å². The van der Waals surface area contributed by atoms with Gasteiger partial charge in [0, 0.05) is 71.0 Å². The summed E-state index contributed by atoms with van der Waals surface area (Å²) in [7, 11) is 0. The molecule has 4 heteroatoms. The number of fused-ring (bicyclic) bond motifs is 14. The number of anilines is 3. The standard InChI is InChI=1S/C83H56N4/c1-83(2)72-49-53(54-38-42-70-68-31-13-17-33-74(68)84(81(70)50-54)56-21-5-3-6-22-56)37-41-61(72)62-44-40-58(52-73(62)83)86(79-47-48-80(67-28-12-11-27-66(67)79)87-76-35-19-15-29-64(76)65-30-16-20-36-77(65)87)78-46-45-59(60-25-9-10-26-63(60)78)55-39-43-71-69-32-14-18-34-75(69)85(82(71)51-55)57-23-7-4-8-24-57/h3-52H,1-2H3. The third kappa shape index (κ3) is 7.31. The maximum atomic E-state index is 2.55. The van der Waals surface area contributed by atoms with Crippen molar-refractivity contribution in [2.75, 3.05) is 4.90 Å². The van der Waals surface area contributed by atoms with E-state index in [2.05, 4.69) is 336 Å². The van der Waals surface area contributed by atoms with E-state index >= 15 is 0 Å². The highest BCUT2D eigenvalue weighted by Gasteiger charge is 2.37. The number of rotatable bonds is 8. The fraction of sp³-hybridized carbons (Fsp3) is 0.0361. The van der Waals surface area contributed by atoms with Gasteiger partial charge in [0.1, 0.15) is 0 Å². The molecule has 0 amide bonds. The van der Waals surface area contributed by atoms with Crippen molar-refractivity contribution in [3.05, 3.63) is 314 Å². The second-order valence-electron chi connectivity index (χ2n) is 24.0. The second kappa shape index (κ2) is 18.9. The Bertz CT molecular complexity index is 5630. The van der Waals surface area contributed by atoms with Crippen LogP contribution in [-0.2, 0) is 5.41 Å². The average molecular weight is 1110 g/mol. The molecule has 14 aromatic carbocycles. The highest BCUT2D eigenvalue weighted by atomic mass is 15.1. The third-order valence-corrected chi connectivity index (χ3v) is 19.0. The van der Waals surface area contributed by atoms with E-state index in [0.717, 1.165) is 34.1 Å². The summed E-state index contributed by atoms with van der Waals surface area (Å²) in [4.78, 5) is 2.55. The maximum absolute atomic E-state index is 2.55.